The Hall–Kier alpha value is -7.03. The number of nitrogens with zero attached hydrogens (tertiary/aromatic N) is 4. The van der Waals surface area contributed by atoms with E-state index >= 15 is 0 Å². The largest absolute Gasteiger partial charge is 0.483 e. The van der Waals surface area contributed by atoms with Crippen LogP contribution in [0.3, 0.4) is 0 Å². The zero-order chi connectivity index (χ0) is 57.7. The predicted molar refractivity (Wildman–Crippen MR) is 300 cm³/mol. The minimum absolute atomic E-state index is 0.00928. The second kappa shape index (κ2) is 30.5. The van der Waals surface area contributed by atoms with E-state index in [0.717, 1.165) is 29.5 Å². The molecule has 3 heterocycles. The van der Waals surface area contributed by atoms with Crippen molar-refractivity contribution in [2.24, 2.45) is 11.8 Å². The molecular weight excluding hydrogens is 1020 g/mol. The molecule has 0 unspecified atom stereocenters. The lowest BCUT2D eigenvalue weighted by atomic mass is 9.93. The van der Waals surface area contributed by atoms with E-state index in [1.165, 1.54) is 6.92 Å². The number of aromatic nitrogens is 3. The van der Waals surface area contributed by atoms with Crippen LogP contribution in [-0.2, 0) is 75.6 Å². The molecule has 6 rings (SSSR count). The van der Waals surface area contributed by atoms with Crippen molar-refractivity contribution in [2.45, 2.75) is 156 Å². The van der Waals surface area contributed by atoms with Crippen molar-refractivity contribution in [3.05, 3.63) is 107 Å². The molecule has 434 valence electrons. The molecule has 0 saturated carbocycles. The number of ether oxygens (including phenoxy) is 4. The van der Waals surface area contributed by atoms with Crippen LogP contribution in [0.25, 0.3) is 0 Å². The van der Waals surface area contributed by atoms with Crippen molar-refractivity contribution in [2.75, 3.05) is 46.0 Å². The highest BCUT2D eigenvalue weighted by molar-refractivity contribution is 5.99. The highest BCUT2D eigenvalue weighted by atomic mass is 16.6. The minimum atomic E-state index is -1.10. The molecule has 5 atom stereocenters. The maximum Gasteiger partial charge on any atom is 0.308 e. The quantitative estimate of drug-likeness (QED) is 0.0137. The zero-order valence-corrected chi connectivity index (χ0v) is 47.8. The first-order chi connectivity index (χ1) is 38.3. The third-order valence-corrected chi connectivity index (χ3v) is 14.2. The number of carbonyl (C=O) groups is 7. The highest BCUT2D eigenvalue weighted by Gasteiger charge is 2.50. The Bertz CT molecular complexity index is 2670. The first-order valence-electron chi connectivity index (χ1n) is 28.3. The van der Waals surface area contributed by atoms with E-state index in [0.29, 0.717) is 83.1 Å². The average Bonchev–Trinajstić information content (AvgIpc) is 4.02. The van der Waals surface area contributed by atoms with Crippen LogP contribution in [0.1, 0.15) is 116 Å². The van der Waals surface area contributed by atoms with Crippen LogP contribution in [0, 0.1) is 11.8 Å². The van der Waals surface area contributed by atoms with Gasteiger partial charge in [-0.25, -0.2) is 0 Å². The normalized spacial score (nSPS) is 17.1. The van der Waals surface area contributed by atoms with Gasteiger partial charge in [-0.05, 0) is 93.0 Å². The standard InChI is InChI=1S/C60H83N9O11/c1-8-26-61-54(71)21-15-16-27-68-36-47(66-67-68)39-78-53-35-46(23-25-52(53)80-43(6)70)37-69(28-30-77-31-29-69)38-55(72)62-48(24-22-44-17-11-9-12-18-44)57(74)64-50(33-42(4)5)58(75)65-51(34-45-19-13-10-14-20-45)59(76)63-49(32-41(2)3)56(73)60(7)40-79-60/h9-14,17-20,23,25,35-36,41-42,48-51H,8,15-16,21-22,24,26-34,37-40H2,1-7H3,(H4-,61,62,63,64,65,71,72,74,75,76)/p+1/t48-,49-,50-,51-,60+/m0/s1. The summed E-state index contributed by atoms with van der Waals surface area (Å²) >= 11 is 0. The molecule has 2 saturated heterocycles. The molecule has 1 aromatic heterocycles. The first-order valence-corrected chi connectivity index (χ1v) is 28.3. The minimum Gasteiger partial charge on any atom is -0.483 e. The molecule has 0 aliphatic carbocycles. The fourth-order valence-electron chi connectivity index (χ4n) is 9.74. The summed E-state index contributed by atoms with van der Waals surface area (Å²) in [6, 6.07) is 20.1. The topological polar surface area (TPSA) is 251 Å². The van der Waals surface area contributed by atoms with Gasteiger partial charge in [-0.15, -0.1) is 5.10 Å². The number of Topliss-reactive ketones (excluding diaryl/α,β-unsaturated/α-hetero) is 1. The van der Waals surface area contributed by atoms with Gasteiger partial charge in [0.1, 0.15) is 55.7 Å². The van der Waals surface area contributed by atoms with Gasteiger partial charge in [-0.1, -0.05) is 100 Å². The second-order valence-electron chi connectivity index (χ2n) is 22.3. The van der Waals surface area contributed by atoms with Gasteiger partial charge >= 0.3 is 5.97 Å². The summed E-state index contributed by atoms with van der Waals surface area (Å²) in [5.41, 5.74) is 2.11. The summed E-state index contributed by atoms with van der Waals surface area (Å²) in [5.74, 6) is -2.24. The van der Waals surface area contributed by atoms with Gasteiger partial charge in [0, 0.05) is 38.4 Å². The van der Waals surface area contributed by atoms with Crippen molar-refractivity contribution >= 4 is 41.3 Å². The molecule has 2 fully saturated rings. The molecule has 20 nitrogen and oxygen atoms in total. The van der Waals surface area contributed by atoms with E-state index in [4.69, 9.17) is 18.9 Å². The number of hydrogen-bond donors (Lipinski definition) is 5. The van der Waals surface area contributed by atoms with Crippen molar-refractivity contribution < 1.29 is 57.0 Å². The lowest BCUT2D eigenvalue weighted by Gasteiger charge is -2.41. The van der Waals surface area contributed by atoms with Gasteiger partial charge in [0.05, 0.1) is 32.1 Å². The summed E-state index contributed by atoms with van der Waals surface area (Å²) in [5, 5.41) is 23.3. The van der Waals surface area contributed by atoms with Gasteiger partial charge in [-0.2, -0.15) is 0 Å². The molecule has 80 heavy (non-hydrogen) atoms. The summed E-state index contributed by atoms with van der Waals surface area (Å²) in [7, 11) is 0. The number of benzene rings is 3. The van der Waals surface area contributed by atoms with Gasteiger partial charge < -0.3 is 50.0 Å². The van der Waals surface area contributed by atoms with Crippen LogP contribution < -0.4 is 36.1 Å². The Kier molecular flexibility index (Phi) is 23.7. The summed E-state index contributed by atoms with van der Waals surface area (Å²) in [6.45, 7) is 16.4. The van der Waals surface area contributed by atoms with Crippen molar-refractivity contribution in [3.63, 3.8) is 0 Å². The van der Waals surface area contributed by atoms with E-state index in [1.54, 1.807) is 29.9 Å². The van der Waals surface area contributed by atoms with Crippen LogP contribution in [0.5, 0.6) is 11.5 Å². The van der Waals surface area contributed by atoms with Crippen molar-refractivity contribution in [3.8, 4) is 11.5 Å². The van der Waals surface area contributed by atoms with Gasteiger partial charge in [-0.3, -0.25) is 38.2 Å². The zero-order valence-electron chi connectivity index (χ0n) is 47.8. The fourth-order valence-corrected chi connectivity index (χ4v) is 9.74. The summed E-state index contributed by atoms with van der Waals surface area (Å²) in [6.07, 6.45) is 5.94. The number of aryl methyl sites for hydroxylation is 2. The Morgan fingerprint density at radius 2 is 1.36 bits per heavy atom. The smallest absolute Gasteiger partial charge is 0.308 e. The number of ketones is 1. The van der Waals surface area contributed by atoms with Gasteiger partial charge in [0.25, 0.3) is 5.91 Å². The molecule has 5 amide bonds. The van der Waals surface area contributed by atoms with Crippen LogP contribution in [-0.4, -0.2) is 137 Å². The van der Waals surface area contributed by atoms with E-state index in [9.17, 15) is 33.6 Å². The lowest BCUT2D eigenvalue weighted by Crippen LogP contribution is -2.61. The van der Waals surface area contributed by atoms with Crippen molar-refractivity contribution in [1.29, 1.82) is 0 Å². The van der Waals surface area contributed by atoms with Crippen LogP contribution in [0.4, 0.5) is 0 Å². The number of morpholine rings is 1. The number of quaternary nitrogens is 1. The molecule has 3 aromatic carbocycles. The summed E-state index contributed by atoms with van der Waals surface area (Å²) in [4.78, 5) is 95.8. The number of amides is 5. The van der Waals surface area contributed by atoms with Crippen LogP contribution in [0.15, 0.2) is 85.1 Å². The molecule has 2 aliphatic heterocycles. The highest BCUT2D eigenvalue weighted by Crippen LogP contribution is 2.32. The molecule has 0 radical (unpaired) electrons. The maximum atomic E-state index is 14.7. The number of carbonyl (C=O) groups excluding carboxylic acids is 7. The molecule has 4 aromatic rings. The number of hydrogen-bond acceptors (Lipinski definition) is 13. The number of epoxide rings is 1. The monoisotopic (exact) mass is 1110 g/mol. The molecule has 2 aliphatic rings. The lowest BCUT2D eigenvalue weighted by molar-refractivity contribution is -0.940. The van der Waals surface area contributed by atoms with E-state index in [1.807, 2.05) is 101 Å². The Labute approximate surface area is 470 Å². The molecule has 0 spiro atoms. The number of unbranched alkanes of at least 4 members (excludes halogenated alkanes) is 1. The second-order valence-corrected chi connectivity index (χ2v) is 22.3. The summed E-state index contributed by atoms with van der Waals surface area (Å²) < 4.78 is 25.0. The van der Waals surface area contributed by atoms with Crippen LogP contribution >= 0.6 is 0 Å². The number of esters is 1. The molecular formula is C60H84N9O11+. The van der Waals surface area contributed by atoms with E-state index in [2.05, 4.69) is 36.9 Å². The molecule has 5 N–H and O–H groups in total. The van der Waals surface area contributed by atoms with Crippen molar-refractivity contribution in [1.82, 2.24) is 41.6 Å². The fraction of sp³-hybridized carbons (Fsp3) is 0.550. The Morgan fingerprint density at radius 3 is 2.01 bits per heavy atom. The third kappa shape index (κ3) is 20.3. The third-order valence-electron chi connectivity index (χ3n) is 14.2. The van der Waals surface area contributed by atoms with E-state index < -0.39 is 53.5 Å². The molecule has 0 bridgehead atoms. The van der Waals surface area contributed by atoms with Gasteiger partial charge in [0.15, 0.2) is 23.8 Å². The number of nitrogens with one attached hydrogen (secondary N) is 5. The number of rotatable bonds is 33. The average molecular weight is 1110 g/mol. The molecule has 20 heteroatoms. The maximum absolute atomic E-state index is 14.7. The van der Waals surface area contributed by atoms with E-state index in [-0.39, 0.29) is 78.7 Å². The first kappa shape index (κ1) is 62.2. The van der Waals surface area contributed by atoms with Gasteiger partial charge in [0.2, 0.25) is 23.6 Å². The Balaban J connectivity index is 1.17. The SMILES string of the molecule is CCCNC(=O)CCCCn1cc(COc2cc(C[N+]3(CC(=O)N[C@@H](CCc4ccccc4)C(=O)N[C@@H](CC(C)C)C(=O)N[C@@H](Cc4ccccc4)C(=O)N[C@@H](CC(C)C)C(=O)[C@@]4(C)CO4)CCOCC3)ccc2OC(C)=O)nn1. The predicted octanol–water partition coefficient (Wildman–Crippen LogP) is 5.09. The van der Waals surface area contributed by atoms with Crippen LogP contribution in [0.2, 0.25) is 0 Å². The Morgan fingerprint density at radius 1 is 0.738 bits per heavy atom.